The summed E-state index contributed by atoms with van der Waals surface area (Å²) in [6.45, 7) is 0. The zero-order chi connectivity index (χ0) is 42.2. The van der Waals surface area contributed by atoms with Gasteiger partial charge in [0.25, 0.3) is 0 Å². The summed E-state index contributed by atoms with van der Waals surface area (Å²) in [6, 6.07) is 86.1. The third kappa shape index (κ3) is 5.13. The van der Waals surface area contributed by atoms with Crippen LogP contribution >= 0.6 is 0 Å². The molecule has 2 unspecified atom stereocenters. The van der Waals surface area contributed by atoms with Crippen LogP contribution in [-0.4, -0.2) is 15.0 Å². The standard InChI is InChI=1S/C61H39N3/c1-3-22-46(23-4-1)60(53-31-15-16-32-54(53)61(47-24-5-2-6-25-47)51-29-13-11-26-48(51)49-28-17-33-55(60)56(49)61)52-30-14-12-27-50(52)59-63-57(44-36-34-40-18-7-9-20-42(40)38-44)62-58(64-59)45-37-35-41-19-8-10-21-43(41)39-45/h1-39H. The zero-order valence-electron chi connectivity index (χ0n) is 34.9. The first-order valence-electron chi connectivity index (χ1n) is 22.0. The second-order valence-corrected chi connectivity index (χ2v) is 17.0. The predicted octanol–water partition coefficient (Wildman–Crippen LogP) is 14.2. The van der Waals surface area contributed by atoms with Gasteiger partial charge in [-0.15, -0.1) is 0 Å². The third-order valence-electron chi connectivity index (χ3n) is 13.8. The second-order valence-electron chi connectivity index (χ2n) is 17.0. The highest BCUT2D eigenvalue weighted by molar-refractivity contribution is 5.93. The van der Waals surface area contributed by atoms with Crippen LogP contribution in [-0.2, 0) is 10.8 Å². The largest absolute Gasteiger partial charge is 0.208 e. The lowest BCUT2D eigenvalue weighted by molar-refractivity contribution is 0.627. The molecule has 2 aliphatic rings. The van der Waals surface area contributed by atoms with E-state index in [1.54, 1.807) is 0 Å². The fraction of sp³-hybridized carbons (Fsp3) is 0.0328. The normalized spacial score (nSPS) is 16.9. The molecule has 13 rings (SSSR count). The molecule has 11 aromatic rings. The first-order chi connectivity index (χ1) is 31.7. The Morgan fingerprint density at radius 2 is 0.656 bits per heavy atom. The summed E-state index contributed by atoms with van der Waals surface area (Å²) in [5, 5.41) is 4.62. The van der Waals surface area contributed by atoms with E-state index >= 15 is 0 Å². The summed E-state index contributed by atoms with van der Waals surface area (Å²) in [5.41, 5.74) is 14.0. The Kier molecular flexibility index (Phi) is 8.04. The van der Waals surface area contributed by atoms with Gasteiger partial charge >= 0.3 is 0 Å². The van der Waals surface area contributed by atoms with Crippen LogP contribution in [0.15, 0.2) is 237 Å². The summed E-state index contributed by atoms with van der Waals surface area (Å²) in [4.78, 5) is 16.2. The van der Waals surface area contributed by atoms with Crippen molar-refractivity contribution in [2.24, 2.45) is 0 Å². The van der Waals surface area contributed by atoms with Crippen LogP contribution in [0.4, 0.5) is 0 Å². The summed E-state index contributed by atoms with van der Waals surface area (Å²) >= 11 is 0. The monoisotopic (exact) mass is 813 g/mol. The topological polar surface area (TPSA) is 38.7 Å². The molecule has 0 N–H and O–H groups in total. The quantitative estimate of drug-likeness (QED) is 0.168. The fourth-order valence-electron chi connectivity index (χ4n) is 11.2. The Morgan fingerprint density at radius 1 is 0.250 bits per heavy atom. The van der Waals surface area contributed by atoms with Gasteiger partial charge < -0.3 is 0 Å². The van der Waals surface area contributed by atoms with Crippen LogP contribution < -0.4 is 0 Å². The van der Waals surface area contributed by atoms with Gasteiger partial charge in [-0.05, 0) is 89.3 Å². The van der Waals surface area contributed by atoms with Gasteiger partial charge in [-0.2, -0.15) is 0 Å². The number of hydrogen-bond acceptors (Lipinski definition) is 3. The lowest BCUT2D eigenvalue weighted by Gasteiger charge is -2.50. The SMILES string of the molecule is c1ccc(C2(c3ccccc3-c3nc(-c4ccc5ccccc5c4)nc(-c4ccc5ccccc5c4)n3)c3ccccc3C3(c4ccccc4)c4ccccc4-c4cccc2c43)cc1. The van der Waals surface area contributed by atoms with Crippen molar-refractivity contribution in [3.63, 3.8) is 0 Å². The summed E-state index contributed by atoms with van der Waals surface area (Å²) < 4.78 is 0. The summed E-state index contributed by atoms with van der Waals surface area (Å²) in [6.07, 6.45) is 0. The number of aromatic nitrogens is 3. The van der Waals surface area contributed by atoms with E-state index in [4.69, 9.17) is 15.0 Å². The Labute approximate surface area is 372 Å². The number of benzene rings is 10. The molecule has 0 saturated heterocycles. The van der Waals surface area contributed by atoms with Crippen molar-refractivity contribution in [1.82, 2.24) is 15.0 Å². The average Bonchev–Trinajstić information content (AvgIpc) is 3.69. The van der Waals surface area contributed by atoms with Gasteiger partial charge in [0, 0.05) is 16.7 Å². The van der Waals surface area contributed by atoms with Crippen molar-refractivity contribution < 1.29 is 0 Å². The van der Waals surface area contributed by atoms with Gasteiger partial charge in [-0.25, -0.2) is 15.0 Å². The molecule has 0 bridgehead atoms. The van der Waals surface area contributed by atoms with E-state index in [-0.39, 0.29) is 0 Å². The van der Waals surface area contributed by atoms with Crippen molar-refractivity contribution in [3.05, 3.63) is 281 Å². The Hall–Kier alpha value is -8.27. The first-order valence-corrected chi connectivity index (χ1v) is 22.0. The van der Waals surface area contributed by atoms with Crippen LogP contribution in [0.25, 0.3) is 66.8 Å². The van der Waals surface area contributed by atoms with Crippen molar-refractivity contribution in [1.29, 1.82) is 0 Å². The maximum Gasteiger partial charge on any atom is 0.164 e. The Balaban J connectivity index is 1.14. The minimum absolute atomic E-state index is 0.548. The third-order valence-corrected chi connectivity index (χ3v) is 13.8. The fourth-order valence-corrected chi connectivity index (χ4v) is 11.2. The number of fused-ring (bicyclic) bond motifs is 7. The van der Waals surface area contributed by atoms with E-state index in [2.05, 4.69) is 237 Å². The van der Waals surface area contributed by atoms with E-state index in [0.717, 1.165) is 33.0 Å². The molecular formula is C61H39N3. The number of hydrogen-bond donors (Lipinski definition) is 0. The van der Waals surface area contributed by atoms with Crippen LogP contribution in [0, 0.1) is 0 Å². The van der Waals surface area contributed by atoms with E-state index in [0.29, 0.717) is 17.5 Å². The highest BCUT2D eigenvalue weighted by Gasteiger charge is 2.58. The molecule has 1 aromatic heterocycles. The lowest BCUT2D eigenvalue weighted by atomic mass is 9.51. The van der Waals surface area contributed by atoms with Crippen LogP contribution in [0.2, 0.25) is 0 Å². The average molecular weight is 814 g/mol. The molecule has 3 nitrogen and oxygen atoms in total. The van der Waals surface area contributed by atoms with Crippen LogP contribution in [0.5, 0.6) is 0 Å². The first kappa shape index (κ1) is 36.4. The molecule has 2 atom stereocenters. The molecule has 0 radical (unpaired) electrons. The highest BCUT2D eigenvalue weighted by atomic mass is 15.0. The minimum Gasteiger partial charge on any atom is -0.208 e. The van der Waals surface area contributed by atoms with Gasteiger partial charge in [0.15, 0.2) is 17.5 Å². The Bertz CT molecular complexity index is 3540. The maximum absolute atomic E-state index is 5.48. The van der Waals surface area contributed by atoms with Gasteiger partial charge in [-0.1, -0.05) is 224 Å². The minimum atomic E-state index is -0.779. The van der Waals surface area contributed by atoms with E-state index in [1.807, 2.05) is 0 Å². The second kappa shape index (κ2) is 14.1. The van der Waals surface area contributed by atoms with Gasteiger partial charge in [0.05, 0.1) is 10.8 Å². The molecule has 3 heteroatoms. The predicted molar refractivity (Wildman–Crippen MR) is 260 cm³/mol. The van der Waals surface area contributed by atoms with Crippen molar-refractivity contribution in [2.45, 2.75) is 10.8 Å². The van der Waals surface area contributed by atoms with Crippen LogP contribution in [0.1, 0.15) is 44.5 Å². The molecule has 298 valence electrons. The highest BCUT2D eigenvalue weighted by Crippen LogP contribution is 2.66. The van der Waals surface area contributed by atoms with E-state index in [9.17, 15) is 0 Å². The summed E-state index contributed by atoms with van der Waals surface area (Å²) in [7, 11) is 0. The molecule has 1 heterocycles. The van der Waals surface area contributed by atoms with E-state index in [1.165, 1.54) is 60.8 Å². The van der Waals surface area contributed by atoms with Crippen molar-refractivity contribution >= 4 is 21.5 Å². The van der Waals surface area contributed by atoms with E-state index < -0.39 is 10.8 Å². The molecule has 0 saturated carbocycles. The molecule has 0 fully saturated rings. The molecular weight excluding hydrogens is 775 g/mol. The van der Waals surface area contributed by atoms with Crippen LogP contribution in [0.3, 0.4) is 0 Å². The van der Waals surface area contributed by atoms with Gasteiger partial charge in [0.2, 0.25) is 0 Å². The molecule has 0 aliphatic heterocycles. The smallest absolute Gasteiger partial charge is 0.164 e. The van der Waals surface area contributed by atoms with Gasteiger partial charge in [0.1, 0.15) is 0 Å². The summed E-state index contributed by atoms with van der Waals surface area (Å²) in [5.74, 6) is 1.89. The zero-order valence-corrected chi connectivity index (χ0v) is 34.9. The van der Waals surface area contributed by atoms with Crippen molar-refractivity contribution in [3.8, 4) is 45.3 Å². The molecule has 2 aliphatic carbocycles. The lowest BCUT2D eigenvalue weighted by Crippen LogP contribution is -2.44. The number of nitrogens with zero attached hydrogens (tertiary/aromatic N) is 3. The molecule has 64 heavy (non-hydrogen) atoms. The molecule has 0 amide bonds. The molecule has 10 aromatic carbocycles. The number of rotatable bonds is 6. The molecule has 0 spiro atoms. The maximum atomic E-state index is 5.48. The van der Waals surface area contributed by atoms with Gasteiger partial charge in [-0.3, -0.25) is 0 Å². The Morgan fingerprint density at radius 3 is 1.25 bits per heavy atom. The van der Waals surface area contributed by atoms with Crippen molar-refractivity contribution in [2.75, 3.05) is 0 Å².